The van der Waals surface area contributed by atoms with Gasteiger partial charge in [0.15, 0.2) is 5.82 Å². The average molecular weight is 302 g/mol. The van der Waals surface area contributed by atoms with Gasteiger partial charge >= 0.3 is 0 Å². The van der Waals surface area contributed by atoms with E-state index in [9.17, 15) is 4.79 Å². The standard InChI is InChI=1S/C11H18N4O2S2/c1-6-7(2)19-8(5-18-6)11-14-10(17-15-11)4-13-3-9(12)16/h6-8,13H,3-5H2,1-2H3,(H2,12,16). The monoisotopic (exact) mass is 302 g/mol. The Kier molecular flexibility index (Phi) is 5.12. The summed E-state index contributed by atoms with van der Waals surface area (Å²) in [4.78, 5) is 15.0. The summed E-state index contributed by atoms with van der Waals surface area (Å²) in [6.07, 6.45) is 0. The second kappa shape index (κ2) is 6.62. The van der Waals surface area contributed by atoms with Gasteiger partial charge in [-0.2, -0.15) is 16.7 Å². The van der Waals surface area contributed by atoms with Gasteiger partial charge in [-0.15, -0.1) is 11.8 Å². The molecule has 0 spiro atoms. The maximum atomic E-state index is 10.6. The van der Waals surface area contributed by atoms with E-state index >= 15 is 0 Å². The van der Waals surface area contributed by atoms with Crippen molar-refractivity contribution in [3.8, 4) is 0 Å². The van der Waals surface area contributed by atoms with E-state index in [2.05, 4.69) is 29.3 Å². The number of carbonyl (C=O) groups excluding carboxylic acids is 1. The molecule has 1 aromatic heterocycles. The van der Waals surface area contributed by atoms with Gasteiger partial charge in [-0.25, -0.2) is 0 Å². The fraction of sp³-hybridized carbons (Fsp3) is 0.727. The Bertz CT molecular complexity index is 440. The molecule has 0 bridgehead atoms. The molecule has 3 N–H and O–H groups in total. The van der Waals surface area contributed by atoms with Crippen molar-refractivity contribution in [3.05, 3.63) is 11.7 Å². The number of hydrogen-bond donors (Lipinski definition) is 2. The highest BCUT2D eigenvalue weighted by atomic mass is 32.2. The highest BCUT2D eigenvalue weighted by Crippen LogP contribution is 2.43. The van der Waals surface area contributed by atoms with Crippen LogP contribution in [-0.4, -0.2) is 38.8 Å². The van der Waals surface area contributed by atoms with Gasteiger partial charge in [-0.3, -0.25) is 10.1 Å². The van der Waals surface area contributed by atoms with Gasteiger partial charge in [0.25, 0.3) is 0 Å². The van der Waals surface area contributed by atoms with Crippen LogP contribution in [0.2, 0.25) is 0 Å². The van der Waals surface area contributed by atoms with Crippen molar-refractivity contribution in [2.24, 2.45) is 5.73 Å². The molecule has 6 nitrogen and oxygen atoms in total. The van der Waals surface area contributed by atoms with Gasteiger partial charge in [0.1, 0.15) is 0 Å². The van der Waals surface area contributed by atoms with Crippen LogP contribution in [0.3, 0.4) is 0 Å². The Morgan fingerprint density at radius 1 is 1.53 bits per heavy atom. The van der Waals surface area contributed by atoms with E-state index in [1.807, 2.05) is 23.5 Å². The zero-order valence-corrected chi connectivity index (χ0v) is 12.6. The van der Waals surface area contributed by atoms with Crippen molar-refractivity contribution in [2.45, 2.75) is 36.1 Å². The van der Waals surface area contributed by atoms with Crippen LogP contribution in [-0.2, 0) is 11.3 Å². The molecule has 1 aromatic rings. The van der Waals surface area contributed by atoms with Crippen molar-refractivity contribution in [1.82, 2.24) is 15.5 Å². The van der Waals surface area contributed by atoms with E-state index in [1.165, 1.54) is 0 Å². The van der Waals surface area contributed by atoms with Crippen molar-refractivity contribution in [1.29, 1.82) is 0 Å². The second-order valence-corrected chi connectivity index (χ2v) is 7.48. The largest absolute Gasteiger partial charge is 0.369 e. The maximum Gasteiger partial charge on any atom is 0.240 e. The van der Waals surface area contributed by atoms with Crippen LogP contribution >= 0.6 is 23.5 Å². The number of primary amides is 1. The first-order valence-electron chi connectivity index (χ1n) is 6.15. The molecule has 1 saturated heterocycles. The van der Waals surface area contributed by atoms with E-state index in [1.54, 1.807) is 0 Å². The Hall–Kier alpha value is -0.730. The summed E-state index contributed by atoms with van der Waals surface area (Å²) in [5.41, 5.74) is 5.03. The molecule has 0 aromatic carbocycles. The fourth-order valence-electron chi connectivity index (χ4n) is 1.68. The van der Waals surface area contributed by atoms with Crippen molar-refractivity contribution in [2.75, 3.05) is 12.3 Å². The van der Waals surface area contributed by atoms with Crippen LogP contribution in [0.1, 0.15) is 30.8 Å². The number of rotatable bonds is 5. The van der Waals surface area contributed by atoms with E-state index < -0.39 is 5.91 Å². The first kappa shape index (κ1) is 14.7. The molecule has 0 saturated carbocycles. The van der Waals surface area contributed by atoms with Gasteiger partial charge in [0, 0.05) is 16.3 Å². The minimum absolute atomic E-state index is 0.111. The lowest BCUT2D eigenvalue weighted by molar-refractivity contribution is -0.117. The third-order valence-electron chi connectivity index (χ3n) is 2.90. The lowest BCUT2D eigenvalue weighted by Gasteiger charge is -2.29. The van der Waals surface area contributed by atoms with Crippen LogP contribution in [0.15, 0.2) is 4.52 Å². The molecule has 19 heavy (non-hydrogen) atoms. The molecule has 1 fully saturated rings. The average Bonchev–Trinajstić information content (AvgIpc) is 2.81. The van der Waals surface area contributed by atoms with Crippen LogP contribution < -0.4 is 11.1 Å². The van der Waals surface area contributed by atoms with E-state index in [0.717, 1.165) is 11.6 Å². The molecule has 1 aliphatic rings. The maximum absolute atomic E-state index is 10.6. The first-order valence-corrected chi connectivity index (χ1v) is 8.14. The fourth-order valence-corrected chi connectivity index (χ4v) is 4.52. The Labute approximate surface area is 120 Å². The number of thioether (sulfide) groups is 2. The molecular weight excluding hydrogens is 284 g/mol. The van der Waals surface area contributed by atoms with E-state index in [0.29, 0.717) is 22.9 Å². The van der Waals surface area contributed by atoms with E-state index in [-0.39, 0.29) is 11.8 Å². The zero-order chi connectivity index (χ0) is 13.8. The Morgan fingerprint density at radius 2 is 2.32 bits per heavy atom. The number of carbonyl (C=O) groups is 1. The predicted octanol–water partition coefficient (Wildman–Crippen LogP) is 0.943. The second-order valence-electron chi connectivity index (χ2n) is 4.48. The molecule has 0 radical (unpaired) electrons. The Balaban J connectivity index is 1.88. The third kappa shape index (κ3) is 4.12. The van der Waals surface area contributed by atoms with Crippen LogP contribution in [0, 0.1) is 0 Å². The molecule has 2 heterocycles. The van der Waals surface area contributed by atoms with Crippen molar-refractivity contribution < 1.29 is 9.32 Å². The first-order chi connectivity index (χ1) is 9.06. The minimum atomic E-state index is -0.401. The van der Waals surface area contributed by atoms with Gasteiger partial charge < -0.3 is 10.3 Å². The van der Waals surface area contributed by atoms with Gasteiger partial charge in [-0.1, -0.05) is 19.0 Å². The molecule has 2 rings (SSSR count). The quantitative estimate of drug-likeness (QED) is 0.836. The Morgan fingerprint density at radius 3 is 3.00 bits per heavy atom. The summed E-state index contributed by atoms with van der Waals surface area (Å²) < 4.78 is 5.16. The molecular formula is C11H18N4O2S2. The number of nitrogens with zero attached hydrogens (tertiary/aromatic N) is 2. The molecule has 0 aliphatic carbocycles. The molecule has 1 amide bonds. The summed E-state index contributed by atoms with van der Waals surface area (Å²) in [6.45, 7) is 4.95. The minimum Gasteiger partial charge on any atom is -0.369 e. The van der Waals surface area contributed by atoms with Crippen LogP contribution in [0.25, 0.3) is 0 Å². The number of aromatic nitrogens is 2. The SMILES string of the molecule is CC1SCC(c2noc(CNCC(N)=O)n2)SC1C. The number of nitrogens with two attached hydrogens (primary N) is 1. The lowest BCUT2D eigenvalue weighted by atomic mass is 10.3. The van der Waals surface area contributed by atoms with E-state index in [4.69, 9.17) is 10.3 Å². The number of amides is 1. The van der Waals surface area contributed by atoms with Gasteiger partial charge in [0.2, 0.25) is 11.8 Å². The highest BCUT2D eigenvalue weighted by Gasteiger charge is 2.29. The van der Waals surface area contributed by atoms with Crippen LogP contribution in [0.4, 0.5) is 0 Å². The van der Waals surface area contributed by atoms with Gasteiger partial charge in [-0.05, 0) is 0 Å². The van der Waals surface area contributed by atoms with Gasteiger partial charge in [0.05, 0.1) is 18.3 Å². The third-order valence-corrected chi connectivity index (χ3v) is 6.28. The summed E-state index contributed by atoms with van der Waals surface area (Å²) in [5.74, 6) is 1.84. The highest BCUT2D eigenvalue weighted by molar-refractivity contribution is 8.07. The molecule has 1 aliphatic heterocycles. The summed E-state index contributed by atoms with van der Waals surface area (Å²) >= 11 is 3.83. The molecule has 106 valence electrons. The smallest absolute Gasteiger partial charge is 0.240 e. The number of hydrogen-bond acceptors (Lipinski definition) is 7. The normalized spacial score (nSPS) is 27.4. The van der Waals surface area contributed by atoms with Crippen LogP contribution in [0.5, 0.6) is 0 Å². The molecule has 8 heteroatoms. The van der Waals surface area contributed by atoms with Crippen molar-refractivity contribution in [3.63, 3.8) is 0 Å². The molecule has 3 unspecified atom stereocenters. The summed E-state index contributed by atoms with van der Waals surface area (Å²) in [5, 5.41) is 8.39. The summed E-state index contributed by atoms with van der Waals surface area (Å²) in [7, 11) is 0. The molecule has 3 atom stereocenters. The summed E-state index contributed by atoms with van der Waals surface area (Å²) in [6, 6.07) is 0. The lowest BCUT2D eigenvalue weighted by Crippen LogP contribution is -2.28. The number of nitrogens with one attached hydrogen (secondary N) is 1. The topological polar surface area (TPSA) is 94.0 Å². The predicted molar refractivity (Wildman–Crippen MR) is 76.9 cm³/mol. The van der Waals surface area contributed by atoms with Crippen molar-refractivity contribution >= 4 is 29.4 Å². The zero-order valence-electron chi connectivity index (χ0n) is 11.0.